The Balaban J connectivity index is 1.54. The molecule has 0 spiro atoms. The average molecular weight is 431 g/mol. The van der Waals surface area contributed by atoms with Crippen molar-refractivity contribution in [3.8, 4) is 0 Å². The monoisotopic (exact) mass is 430 g/mol. The molecule has 0 aliphatic heterocycles. The number of fused-ring (bicyclic) bond motifs is 5. The average Bonchev–Trinajstić information content (AvgIpc) is 3.05. The van der Waals surface area contributed by atoms with Gasteiger partial charge in [-0.15, -0.1) is 0 Å². The van der Waals surface area contributed by atoms with Crippen LogP contribution < -0.4 is 0 Å². The maximum Gasteiger partial charge on any atom is 0.0985 e. The van der Waals surface area contributed by atoms with E-state index in [1.807, 2.05) is 0 Å². The molecule has 0 amide bonds. The van der Waals surface area contributed by atoms with E-state index < -0.39 is 17.8 Å². The Hall–Kier alpha value is -0.640. The van der Waals surface area contributed by atoms with Gasteiger partial charge in [0.25, 0.3) is 0 Å². The summed E-state index contributed by atoms with van der Waals surface area (Å²) in [5.74, 6) is 3.01. The maximum absolute atomic E-state index is 11.6. The lowest BCUT2D eigenvalue weighted by molar-refractivity contribution is -0.264. The molecule has 176 valence electrons. The third kappa shape index (κ3) is 3.49. The lowest BCUT2D eigenvalue weighted by atomic mass is 9.42. The van der Waals surface area contributed by atoms with E-state index in [4.69, 9.17) is 0 Å². The summed E-state index contributed by atoms with van der Waals surface area (Å²) < 4.78 is 0. The van der Waals surface area contributed by atoms with E-state index >= 15 is 0 Å². The fourth-order valence-corrected chi connectivity index (χ4v) is 9.05. The highest BCUT2D eigenvalue weighted by atomic mass is 16.3. The normalized spacial score (nSPS) is 50.2. The van der Waals surface area contributed by atoms with Crippen LogP contribution in [0, 0.1) is 40.4 Å². The zero-order valence-corrected chi connectivity index (χ0v) is 20.4. The molecule has 4 saturated carbocycles. The summed E-state index contributed by atoms with van der Waals surface area (Å²) in [7, 11) is 0. The van der Waals surface area contributed by atoms with E-state index in [0.29, 0.717) is 41.9 Å². The number of rotatable bonds is 5. The quantitative estimate of drug-likeness (QED) is 0.495. The lowest BCUT2D eigenvalue weighted by Crippen LogP contribution is -2.68. The molecular weight excluding hydrogens is 384 g/mol. The van der Waals surface area contributed by atoms with Crippen molar-refractivity contribution >= 4 is 0 Å². The van der Waals surface area contributed by atoms with Crippen LogP contribution >= 0.6 is 0 Å². The van der Waals surface area contributed by atoms with Gasteiger partial charge in [-0.25, -0.2) is 0 Å². The molecule has 4 rings (SSSR count). The molecule has 4 fully saturated rings. The van der Waals surface area contributed by atoms with Gasteiger partial charge in [-0.05, 0) is 99.7 Å². The second-order valence-electron chi connectivity index (χ2n) is 12.5. The Kier molecular flexibility index (Phi) is 6.06. The minimum absolute atomic E-state index is 0.279. The Morgan fingerprint density at radius 1 is 1.03 bits per heavy atom. The van der Waals surface area contributed by atoms with Crippen LogP contribution in [0.4, 0.5) is 0 Å². The number of hydrogen-bond donors (Lipinski definition) is 3. The van der Waals surface area contributed by atoms with Gasteiger partial charge in [-0.3, -0.25) is 0 Å². The Morgan fingerprint density at radius 2 is 1.74 bits per heavy atom. The van der Waals surface area contributed by atoms with E-state index in [1.54, 1.807) is 0 Å². The van der Waals surface area contributed by atoms with Gasteiger partial charge in [-0.2, -0.15) is 0 Å². The van der Waals surface area contributed by atoms with Crippen molar-refractivity contribution in [3.05, 3.63) is 24.3 Å². The van der Waals surface area contributed by atoms with Gasteiger partial charge in [0.05, 0.1) is 17.8 Å². The first-order valence-electron chi connectivity index (χ1n) is 12.9. The van der Waals surface area contributed by atoms with E-state index in [2.05, 4.69) is 40.9 Å². The zero-order chi connectivity index (χ0) is 22.8. The smallest absolute Gasteiger partial charge is 0.0985 e. The number of aliphatic hydroxyl groups excluding tert-OH is 2. The minimum Gasteiger partial charge on any atom is -0.393 e. The molecule has 4 aliphatic rings. The van der Waals surface area contributed by atoms with Gasteiger partial charge in [0.2, 0.25) is 0 Å². The summed E-state index contributed by atoms with van der Waals surface area (Å²) in [6.07, 6.45) is 8.60. The van der Waals surface area contributed by atoms with Crippen LogP contribution in [-0.2, 0) is 0 Å². The fourth-order valence-electron chi connectivity index (χ4n) is 9.05. The van der Waals surface area contributed by atoms with Gasteiger partial charge in [0, 0.05) is 11.8 Å². The first-order chi connectivity index (χ1) is 14.4. The molecule has 0 radical (unpaired) electrons. The fraction of sp³-hybridized carbons (Fsp3) is 0.857. The molecule has 0 aromatic carbocycles. The molecule has 0 heterocycles. The third-order valence-corrected chi connectivity index (χ3v) is 11.1. The van der Waals surface area contributed by atoms with Crippen LogP contribution in [0.5, 0.6) is 0 Å². The van der Waals surface area contributed by atoms with Crippen molar-refractivity contribution in [3.63, 3.8) is 0 Å². The first-order valence-corrected chi connectivity index (χ1v) is 12.9. The maximum atomic E-state index is 11.6. The molecule has 31 heavy (non-hydrogen) atoms. The van der Waals surface area contributed by atoms with Crippen LogP contribution in [0.3, 0.4) is 0 Å². The van der Waals surface area contributed by atoms with Crippen molar-refractivity contribution in [1.82, 2.24) is 0 Å². The topological polar surface area (TPSA) is 60.7 Å². The molecule has 3 N–H and O–H groups in total. The summed E-state index contributed by atoms with van der Waals surface area (Å²) in [5.41, 5.74) is 1.23. The molecule has 3 heteroatoms. The number of aliphatic hydroxyl groups is 3. The van der Waals surface area contributed by atoms with Crippen molar-refractivity contribution in [2.45, 2.75) is 110 Å². The molecule has 4 aliphatic carbocycles. The summed E-state index contributed by atoms with van der Waals surface area (Å²) in [6.45, 7) is 17.5. The second-order valence-corrected chi connectivity index (χ2v) is 12.5. The van der Waals surface area contributed by atoms with Gasteiger partial charge < -0.3 is 15.3 Å². The van der Waals surface area contributed by atoms with Crippen LogP contribution in [0.15, 0.2) is 24.3 Å². The molecule has 0 aromatic rings. The number of allylic oxidation sites excluding steroid dienone is 2. The molecule has 0 saturated heterocycles. The molecule has 0 aromatic heterocycles. The van der Waals surface area contributed by atoms with E-state index in [9.17, 15) is 15.3 Å². The second kappa shape index (κ2) is 7.99. The summed E-state index contributed by atoms with van der Waals surface area (Å²) >= 11 is 0. The van der Waals surface area contributed by atoms with E-state index in [-0.39, 0.29) is 5.41 Å². The first kappa shape index (κ1) is 23.5. The minimum atomic E-state index is -1.13. The molecule has 3 nitrogen and oxygen atoms in total. The van der Waals surface area contributed by atoms with Crippen molar-refractivity contribution in [2.75, 3.05) is 0 Å². The molecule has 3 unspecified atom stereocenters. The van der Waals surface area contributed by atoms with Crippen LogP contribution in [0.25, 0.3) is 0 Å². The zero-order valence-electron chi connectivity index (χ0n) is 20.4. The van der Waals surface area contributed by atoms with E-state index in [0.717, 1.165) is 37.2 Å². The molecule has 0 bridgehead atoms. The number of hydrogen-bond acceptors (Lipinski definition) is 3. The van der Waals surface area contributed by atoms with Crippen molar-refractivity contribution in [1.29, 1.82) is 0 Å². The summed E-state index contributed by atoms with van der Waals surface area (Å²) in [5, 5.41) is 33.1. The third-order valence-electron chi connectivity index (χ3n) is 11.1. The predicted octanol–water partition coefficient (Wildman–Crippen LogP) is 5.64. The largest absolute Gasteiger partial charge is 0.393 e. The highest BCUT2D eigenvalue weighted by Gasteiger charge is 2.67. The molecular formula is C28H46O3. The van der Waals surface area contributed by atoms with Gasteiger partial charge >= 0.3 is 0 Å². The SMILES string of the molecule is C=C(C)C(=C)CC[C@@H](C)[C@H]1CC[C@H]2[C@@H]3CC(O)C4(O)CC(O)CC[C@]4(C)[C@H]3CC[C@]12C. The molecule has 10 atom stereocenters. The highest BCUT2D eigenvalue weighted by Crippen LogP contribution is 2.69. The standard InChI is InChI=1S/C28H46O3/c1-17(2)18(3)7-8-19(4)22-9-10-23-21-15-25(30)28(31)16-20(29)11-14-27(28,6)24(21)12-13-26(22,23)5/h19-25,29-31H,1,3,7-16H2,2,4-6H3/t19-,20?,21+,22-,23+,24+,25?,26-,27-,28?/m1/s1. The van der Waals surface area contributed by atoms with Crippen molar-refractivity contribution in [2.24, 2.45) is 40.4 Å². The van der Waals surface area contributed by atoms with Gasteiger partial charge in [0.15, 0.2) is 0 Å². The van der Waals surface area contributed by atoms with Crippen LogP contribution in [0.1, 0.15) is 91.9 Å². The van der Waals surface area contributed by atoms with Gasteiger partial charge in [0.1, 0.15) is 0 Å². The van der Waals surface area contributed by atoms with Gasteiger partial charge in [-0.1, -0.05) is 45.1 Å². The summed E-state index contributed by atoms with van der Waals surface area (Å²) in [4.78, 5) is 0. The Morgan fingerprint density at radius 3 is 2.42 bits per heavy atom. The lowest BCUT2D eigenvalue weighted by Gasteiger charge is -2.65. The Labute approximate surface area is 190 Å². The highest BCUT2D eigenvalue weighted by molar-refractivity contribution is 5.22. The van der Waals surface area contributed by atoms with Crippen molar-refractivity contribution < 1.29 is 15.3 Å². The van der Waals surface area contributed by atoms with Crippen LogP contribution in [0.2, 0.25) is 0 Å². The van der Waals surface area contributed by atoms with E-state index in [1.165, 1.54) is 31.3 Å². The summed E-state index contributed by atoms with van der Waals surface area (Å²) in [6, 6.07) is 0. The van der Waals surface area contributed by atoms with Crippen LogP contribution in [-0.4, -0.2) is 33.1 Å². The predicted molar refractivity (Wildman–Crippen MR) is 126 cm³/mol. The Bertz CT molecular complexity index is 730.